The summed E-state index contributed by atoms with van der Waals surface area (Å²) in [5, 5.41) is 4.36. The molecule has 0 bridgehead atoms. The van der Waals surface area contributed by atoms with E-state index in [2.05, 4.69) is 25.3 Å². The van der Waals surface area contributed by atoms with Gasteiger partial charge in [0.1, 0.15) is 5.52 Å². The number of rotatable bonds is 2. The van der Waals surface area contributed by atoms with Crippen molar-refractivity contribution in [2.24, 2.45) is 7.05 Å². The standard InChI is InChI=1S/C17H16N6O/c1-9-7-12-11(5-4-6-18-12)10(2)14(9)20-16-19-8-13-15(21-16)22-17(24)23(13)3/h4-8H,1-3H3,(H2,19,20,21,22,24). The minimum atomic E-state index is -0.208. The van der Waals surface area contributed by atoms with E-state index in [0.29, 0.717) is 17.1 Å². The largest absolute Gasteiger partial charge is 0.327 e. The number of aromatic nitrogens is 5. The Bertz CT molecular complexity index is 1140. The number of H-pyrrole nitrogens is 1. The van der Waals surface area contributed by atoms with Crippen LogP contribution < -0.4 is 11.0 Å². The lowest BCUT2D eigenvalue weighted by molar-refractivity contribution is 0.890. The molecular weight excluding hydrogens is 304 g/mol. The Hall–Kier alpha value is -3.22. The number of fused-ring (bicyclic) bond motifs is 2. The predicted molar refractivity (Wildman–Crippen MR) is 93.6 cm³/mol. The van der Waals surface area contributed by atoms with Crippen LogP contribution in [0.3, 0.4) is 0 Å². The van der Waals surface area contributed by atoms with Gasteiger partial charge in [0.2, 0.25) is 5.95 Å². The normalized spacial score (nSPS) is 11.3. The molecule has 0 radical (unpaired) electrons. The molecule has 3 heterocycles. The summed E-state index contributed by atoms with van der Waals surface area (Å²) in [5.41, 5.74) is 5.03. The zero-order valence-corrected chi connectivity index (χ0v) is 13.6. The third-order valence-corrected chi connectivity index (χ3v) is 4.26. The number of imidazole rings is 1. The minimum absolute atomic E-state index is 0.208. The minimum Gasteiger partial charge on any atom is -0.324 e. The summed E-state index contributed by atoms with van der Waals surface area (Å²) in [4.78, 5) is 27.5. The number of hydrogen-bond acceptors (Lipinski definition) is 5. The van der Waals surface area contributed by atoms with Crippen molar-refractivity contribution < 1.29 is 0 Å². The summed E-state index contributed by atoms with van der Waals surface area (Å²) < 4.78 is 1.48. The van der Waals surface area contributed by atoms with Crippen LogP contribution in [0.15, 0.2) is 35.4 Å². The van der Waals surface area contributed by atoms with Crippen LogP contribution in [0.5, 0.6) is 0 Å². The Morgan fingerprint density at radius 2 is 2.08 bits per heavy atom. The Labute approximate surface area is 137 Å². The van der Waals surface area contributed by atoms with Crippen molar-refractivity contribution in [1.29, 1.82) is 0 Å². The molecule has 7 nitrogen and oxygen atoms in total. The first-order valence-electron chi connectivity index (χ1n) is 7.58. The molecule has 4 aromatic rings. The first kappa shape index (κ1) is 14.4. The maximum Gasteiger partial charge on any atom is 0.327 e. The lowest BCUT2D eigenvalue weighted by atomic mass is 10.0. The zero-order chi connectivity index (χ0) is 16.8. The van der Waals surface area contributed by atoms with Gasteiger partial charge in [-0.3, -0.25) is 14.5 Å². The first-order valence-corrected chi connectivity index (χ1v) is 7.58. The molecule has 0 saturated carbocycles. The summed E-state index contributed by atoms with van der Waals surface area (Å²) >= 11 is 0. The van der Waals surface area contributed by atoms with E-state index in [4.69, 9.17) is 0 Å². The van der Waals surface area contributed by atoms with Gasteiger partial charge in [0.15, 0.2) is 5.65 Å². The van der Waals surface area contributed by atoms with Gasteiger partial charge in [-0.25, -0.2) is 9.78 Å². The summed E-state index contributed by atoms with van der Waals surface area (Å²) in [5.74, 6) is 0.443. The van der Waals surface area contributed by atoms with Crippen molar-refractivity contribution in [3.05, 3.63) is 52.2 Å². The fourth-order valence-electron chi connectivity index (χ4n) is 2.93. The van der Waals surface area contributed by atoms with E-state index in [-0.39, 0.29) is 5.69 Å². The fraction of sp³-hybridized carbons (Fsp3) is 0.176. The van der Waals surface area contributed by atoms with Crippen LogP contribution >= 0.6 is 0 Å². The second kappa shape index (κ2) is 5.16. The van der Waals surface area contributed by atoms with E-state index in [1.165, 1.54) is 4.57 Å². The second-order valence-electron chi connectivity index (χ2n) is 5.81. The second-order valence-corrected chi connectivity index (χ2v) is 5.81. The van der Waals surface area contributed by atoms with Gasteiger partial charge < -0.3 is 5.32 Å². The van der Waals surface area contributed by atoms with Crippen molar-refractivity contribution in [2.75, 3.05) is 5.32 Å². The number of aromatic amines is 1. The van der Waals surface area contributed by atoms with Gasteiger partial charge in [-0.05, 0) is 37.1 Å². The maximum atomic E-state index is 11.7. The monoisotopic (exact) mass is 320 g/mol. The van der Waals surface area contributed by atoms with Crippen LogP contribution in [0.1, 0.15) is 11.1 Å². The molecule has 120 valence electrons. The van der Waals surface area contributed by atoms with E-state index >= 15 is 0 Å². The highest BCUT2D eigenvalue weighted by molar-refractivity contribution is 5.89. The zero-order valence-electron chi connectivity index (χ0n) is 13.6. The third kappa shape index (κ3) is 2.13. The average Bonchev–Trinajstić information content (AvgIpc) is 2.85. The molecule has 0 unspecified atom stereocenters. The molecule has 7 heteroatoms. The fourth-order valence-corrected chi connectivity index (χ4v) is 2.93. The summed E-state index contributed by atoms with van der Waals surface area (Å²) in [6.07, 6.45) is 3.42. The highest BCUT2D eigenvalue weighted by atomic mass is 16.1. The lowest BCUT2D eigenvalue weighted by Crippen LogP contribution is -2.11. The van der Waals surface area contributed by atoms with Crippen LogP contribution in [-0.2, 0) is 7.05 Å². The molecule has 0 atom stereocenters. The quantitative estimate of drug-likeness (QED) is 0.592. The Kier molecular flexibility index (Phi) is 3.09. The van der Waals surface area contributed by atoms with Crippen LogP contribution in [0.2, 0.25) is 0 Å². The van der Waals surface area contributed by atoms with Crippen LogP contribution in [-0.4, -0.2) is 24.5 Å². The summed E-state index contributed by atoms with van der Waals surface area (Å²) in [6, 6.07) is 6.00. The molecule has 4 rings (SSSR count). The van der Waals surface area contributed by atoms with Gasteiger partial charge in [0, 0.05) is 24.3 Å². The molecule has 0 saturated heterocycles. The van der Waals surface area contributed by atoms with Gasteiger partial charge in [0.25, 0.3) is 0 Å². The molecule has 0 fully saturated rings. The first-order chi connectivity index (χ1) is 11.5. The third-order valence-electron chi connectivity index (χ3n) is 4.26. The number of aryl methyl sites for hydroxylation is 3. The lowest BCUT2D eigenvalue weighted by Gasteiger charge is -2.13. The van der Waals surface area contributed by atoms with Crippen LogP contribution in [0.25, 0.3) is 22.1 Å². The Morgan fingerprint density at radius 1 is 1.25 bits per heavy atom. The molecule has 0 aliphatic rings. The SMILES string of the molecule is Cc1cc2ncccc2c(C)c1Nc1ncc2c(n1)[nH]c(=O)n2C. The topological polar surface area (TPSA) is 88.5 Å². The van der Waals surface area contributed by atoms with E-state index in [9.17, 15) is 4.79 Å². The molecule has 2 N–H and O–H groups in total. The van der Waals surface area contributed by atoms with Gasteiger partial charge >= 0.3 is 5.69 Å². The van der Waals surface area contributed by atoms with Gasteiger partial charge in [-0.1, -0.05) is 6.07 Å². The van der Waals surface area contributed by atoms with E-state index in [0.717, 1.165) is 27.7 Å². The van der Waals surface area contributed by atoms with Gasteiger partial charge in [-0.15, -0.1) is 0 Å². The molecule has 0 aliphatic heterocycles. The molecular formula is C17H16N6O. The van der Waals surface area contributed by atoms with Crippen LogP contribution in [0, 0.1) is 13.8 Å². The molecule has 0 amide bonds. The van der Waals surface area contributed by atoms with Gasteiger partial charge in [-0.2, -0.15) is 4.98 Å². The molecule has 1 aromatic carbocycles. The van der Waals surface area contributed by atoms with Crippen molar-refractivity contribution in [2.45, 2.75) is 13.8 Å². The number of hydrogen-bond donors (Lipinski definition) is 2. The molecule has 24 heavy (non-hydrogen) atoms. The Balaban J connectivity index is 1.83. The Morgan fingerprint density at radius 3 is 2.92 bits per heavy atom. The summed E-state index contributed by atoms with van der Waals surface area (Å²) in [7, 11) is 1.68. The highest BCUT2D eigenvalue weighted by Crippen LogP contribution is 2.29. The summed E-state index contributed by atoms with van der Waals surface area (Å²) in [6.45, 7) is 4.06. The number of benzene rings is 1. The van der Waals surface area contributed by atoms with Crippen molar-refractivity contribution in [3.8, 4) is 0 Å². The molecule has 3 aromatic heterocycles. The predicted octanol–water partition coefficient (Wildman–Crippen LogP) is 2.57. The van der Waals surface area contributed by atoms with Gasteiger partial charge in [0.05, 0.1) is 11.7 Å². The number of anilines is 2. The van der Waals surface area contributed by atoms with Crippen LogP contribution in [0.4, 0.5) is 11.6 Å². The van der Waals surface area contributed by atoms with E-state index < -0.39 is 0 Å². The number of nitrogens with zero attached hydrogens (tertiary/aromatic N) is 4. The average molecular weight is 320 g/mol. The van der Waals surface area contributed by atoms with E-state index in [1.807, 2.05) is 32.0 Å². The number of nitrogens with one attached hydrogen (secondary N) is 2. The van der Waals surface area contributed by atoms with Crippen molar-refractivity contribution in [1.82, 2.24) is 24.5 Å². The molecule has 0 aliphatic carbocycles. The van der Waals surface area contributed by atoms with Crippen molar-refractivity contribution in [3.63, 3.8) is 0 Å². The smallest absolute Gasteiger partial charge is 0.324 e. The maximum absolute atomic E-state index is 11.7. The molecule has 0 spiro atoms. The van der Waals surface area contributed by atoms with E-state index in [1.54, 1.807) is 19.4 Å². The van der Waals surface area contributed by atoms with Crippen molar-refractivity contribution >= 4 is 33.7 Å². The number of pyridine rings is 1. The highest BCUT2D eigenvalue weighted by Gasteiger charge is 2.11.